The van der Waals surface area contributed by atoms with Crippen molar-refractivity contribution in [1.29, 1.82) is 0 Å². The van der Waals surface area contributed by atoms with Gasteiger partial charge in [0.1, 0.15) is 0 Å². The highest BCUT2D eigenvalue weighted by Gasteiger charge is 2.41. The first-order chi connectivity index (χ1) is 6.22. The van der Waals surface area contributed by atoms with Gasteiger partial charge in [-0.15, -0.1) is 0 Å². The van der Waals surface area contributed by atoms with Crippen LogP contribution < -0.4 is 0 Å². The van der Waals surface area contributed by atoms with Gasteiger partial charge in [-0.3, -0.25) is 4.79 Å². The summed E-state index contributed by atoms with van der Waals surface area (Å²) in [5.74, 6) is -0.358. The molecule has 4 heteroatoms. The quantitative estimate of drug-likeness (QED) is 0.610. The summed E-state index contributed by atoms with van der Waals surface area (Å²) in [5, 5.41) is -0.215. The fourth-order valence-electron chi connectivity index (χ4n) is 2.07. The normalized spacial score (nSPS) is 28.1. The van der Waals surface area contributed by atoms with Crippen molar-refractivity contribution < 1.29 is 14.3 Å². The molecule has 0 unspecified atom stereocenters. The van der Waals surface area contributed by atoms with Crippen LogP contribution in [0.15, 0.2) is 0 Å². The molecule has 2 fully saturated rings. The first kappa shape index (κ1) is 9.44. The van der Waals surface area contributed by atoms with Crippen molar-refractivity contribution in [2.24, 2.45) is 5.92 Å². The molecule has 0 atom stereocenters. The van der Waals surface area contributed by atoms with Crippen LogP contribution in [0.2, 0.25) is 0 Å². The summed E-state index contributed by atoms with van der Waals surface area (Å²) in [6, 6.07) is 0. The molecule has 1 aliphatic heterocycles. The lowest BCUT2D eigenvalue weighted by atomic mass is 9.86. The Kier molecular flexibility index (Phi) is 2.58. The summed E-state index contributed by atoms with van der Waals surface area (Å²) in [6.07, 6.45) is 3.19. The van der Waals surface area contributed by atoms with Gasteiger partial charge in [0.15, 0.2) is 5.79 Å². The molecule has 13 heavy (non-hydrogen) atoms. The third kappa shape index (κ3) is 1.87. The van der Waals surface area contributed by atoms with Crippen molar-refractivity contribution >= 4 is 16.8 Å². The lowest BCUT2D eigenvalue weighted by Crippen LogP contribution is -2.36. The molecule has 1 spiro atoms. The van der Waals surface area contributed by atoms with Gasteiger partial charge in [-0.05, 0) is 24.4 Å². The van der Waals surface area contributed by atoms with E-state index in [0.29, 0.717) is 13.2 Å². The average molecular weight is 205 g/mol. The minimum Gasteiger partial charge on any atom is -0.348 e. The van der Waals surface area contributed by atoms with Crippen molar-refractivity contribution in [2.75, 3.05) is 13.2 Å². The molecule has 0 bridgehead atoms. The van der Waals surface area contributed by atoms with Gasteiger partial charge < -0.3 is 9.47 Å². The smallest absolute Gasteiger partial charge is 0.224 e. The third-order valence-corrected chi connectivity index (χ3v) is 3.19. The minimum atomic E-state index is -0.372. The van der Waals surface area contributed by atoms with Gasteiger partial charge in [0.25, 0.3) is 0 Å². The van der Waals surface area contributed by atoms with E-state index in [1.165, 1.54) is 0 Å². The molecule has 74 valence electrons. The highest BCUT2D eigenvalue weighted by Crippen LogP contribution is 2.38. The van der Waals surface area contributed by atoms with E-state index in [9.17, 15) is 4.79 Å². The summed E-state index contributed by atoms with van der Waals surface area (Å²) in [5.41, 5.74) is 0. The lowest BCUT2D eigenvalue weighted by molar-refractivity contribution is -0.182. The van der Waals surface area contributed by atoms with E-state index in [0.717, 1.165) is 25.7 Å². The van der Waals surface area contributed by atoms with E-state index in [1.54, 1.807) is 0 Å². The maximum Gasteiger partial charge on any atom is 0.224 e. The van der Waals surface area contributed by atoms with Gasteiger partial charge >= 0.3 is 0 Å². The van der Waals surface area contributed by atoms with Crippen LogP contribution in [-0.4, -0.2) is 24.2 Å². The van der Waals surface area contributed by atoms with Crippen LogP contribution in [0.4, 0.5) is 0 Å². The van der Waals surface area contributed by atoms with Crippen molar-refractivity contribution in [3.8, 4) is 0 Å². The molecular formula is C9H13ClO3. The van der Waals surface area contributed by atoms with E-state index in [4.69, 9.17) is 21.1 Å². The number of hydrogen-bond acceptors (Lipinski definition) is 3. The lowest BCUT2D eigenvalue weighted by Gasteiger charge is -2.33. The van der Waals surface area contributed by atoms with Gasteiger partial charge in [0, 0.05) is 18.8 Å². The van der Waals surface area contributed by atoms with Crippen LogP contribution in [0.1, 0.15) is 25.7 Å². The van der Waals surface area contributed by atoms with E-state index >= 15 is 0 Å². The minimum absolute atomic E-state index is 0.0140. The molecule has 2 rings (SSSR count). The molecule has 1 heterocycles. The Balaban J connectivity index is 1.91. The van der Waals surface area contributed by atoms with Crippen LogP contribution in [-0.2, 0) is 14.3 Å². The van der Waals surface area contributed by atoms with E-state index in [1.807, 2.05) is 0 Å². The van der Waals surface area contributed by atoms with E-state index in [-0.39, 0.29) is 16.9 Å². The molecule has 1 saturated heterocycles. The Hall–Kier alpha value is -0.120. The second-order valence-corrected chi connectivity index (χ2v) is 4.06. The molecule has 3 nitrogen and oxygen atoms in total. The number of halogens is 1. The Morgan fingerprint density at radius 3 is 2.23 bits per heavy atom. The molecule has 0 amide bonds. The van der Waals surface area contributed by atoms with Crippen LogP contribution in [0.25, 0.3) is 0 Å². The summed E-state index contributed by atoms with van der Waals surface area (Å²) in [6.45, 7) is 1.36. The van der Waals surface area contributed by atoms with Crippen LogP contribution >= 0.6 is 11.6 Å². The van der Waals surface area contributed by atoms with Gasteiger partial charge in [-0.1, -0.05) is 0 Å². The highest BCUT2D eigenvalue weighted by atomic mass is 35.5. The Labute approximate surface area is 82.3 Å². The fourth-order valence-corrected chi connectivity index (χ4v) is 2.29. The number of carbonyl (C=O) groups is 1. The summed E-state index contributed by atoms with van der Waals surface area (Å²) >= 11 is 5.43. The van der Waals surface area contributed by atoms with Crippen molar-refractivity contribution in [1.82, 2.24) is 0 Å². The van der Waals surface area contributed by atoms with Crippen LogP contribution in [0, 0.1) is 5.92 Å². The molecule has 0 radical (unpaired) electrons. The standard InChI is InChI=1S/C9H13ClO3/c10-8(11)7-1-3-9(4-2-7)12-5-6-13-9/h7H,1-6H2. The maximum atomic E-state index is 10.9. The first-order valence-electron chi connectivity index (χ1n) is 4.69. The highest BCUT2D eigenvalue weighted by molar-refractivity contribution is 6.63. The zero-order valence-electron chi connectivity index (χ0n) is 7.42. The van der Waals surface area contributed by atoms with Gasteiger partial charge in [-0.2, -0.15) is 0 Å². The number of hydrogen-bond donors (Lipinski definition) is 0. The van der Waals surface area contributed by atoms with Crippen LogP contribution in [0.3, 0.4) is 0 Å². The first-order valence-corrected chi connectivity index (χ1v) is 5.07. The predicted molar refractivity (Wildman–Crippen MR) is 47.5 cm³/mol. The number of carbonyl (C=O) groups excluding carboxylic acids is 1. The summed E-state index contributed by atoms with van der Waals surface area (Å²) in [4.78, 5) is 10.9. The second kappa shape index (κ2) is 3.56. The van der Waals surface area contributed by atoms with Gasteiger partial charge in [0.05, 0.1) is 13.2 Å². The van der Waals surface area contributed by atoms with E-state index in [2.05, 4.69) is 0 Å². The molecule has 0 aromatic heterocycles. The molecule has 1 aliphatic carbocycles. The fraction of sp³-hybridized carbons (Fsp3) is 0.889. The summed E-state index contributed by atoms with van der Waals surface area (Å²) in [7, 11) is 0. The predicted octanol–water partition coefficient (Wildman–Crippen LogP) is 1.69. The zero-order valence-corrected chi connectivity index (χ0v) is 8.18. The van der Waals surface area contributed by atoms with Crippen LogP contribution in [0.5, 0.6) is 0 Å². The Morgan fingerprint density at radius 1 is 1.23 bits per heavy atom. The van der Waals surface area contributed by atoms with Crippen molar-refractivity contribution in [2.45, 2.75) is 31.5 Å². The molecular weight excluding hydrogens is 192 g/mol. The van der Waals surface area contributed by atoms with Gasteiger partial charge in [0.2, 0.25) is 5.24 Å². The third-order valence-electron chi connectivity index (χ3n) is 2.88. The molecule has 2 aliphatic rings. The molecule has 1 saturated carbocycles. The van der Waals surface area contributed by atoms with Crippen molar-refractivity contribution in [3.63, 3.8) is 0 Å². The Morgan fingerprint density at radius 2 is 1.77 bits per heavy atom. The molecule has 0 aromatic carbocycles. The van der Waals surface area contributed by atoms with Gasteiger partial charge in [-0.25, -0.2) is 0 Å². The number of ether oxygens (including phenoxy) is 2. The zero-order chi connectivity index (χ0) is 9.31. The van der Waals surface area contributed by atoms with E-state index < -0.39 is 0 Å². The topological polar surface area (TPSA) is 35.5 Å². The summed E-state index contributed by atoms with van der Waals surface area (Å²) < 4.78 is 11.1. The molecule has 0 aromatic rings. The van der Waals surface area contributed by atoms with Crippen molar-refractivity contribution in [3.05, 3.63) is 0 Å². The SMILES string of the molecule is O=C(Cl)C1CCC2(CC1)OCCO2. The largest absolute Gasteiger partial charge is 0.348 e. The average Bonchev–Trinajstić information content (AvgIpc) is 2.54. The maximum absolute atomic E-state index is 10.9. The number of rotatable bonds is 1. The Bertz CT molecular complexity index is 201. The monoisotopic (exact) mass is 204 g/mol. The molecule has 0 N–H and O–H groups in total. The second-order valence-electron chi connectivity index (χ2n) is 3.69.